The molecular weight excluding hydrogens is 274 g/mol. The Balaban J connectivity index is 1.97. The van der Waals surface area contributed by atoms with Crippen molar-refractivity contribution >= 4 is 17.2 Å². The summed E-state index contributed by atoms with van der Waals surface area (Å²) in [5.74, 6) is 0.0747. The van der Waals surface area contributed by atoms with E-state index in [9.17, 15) is 14.7 Å². The first kappa shape index (κ1) is 13.1. The van der Waals surface area contributed by atoms with E-state index in [0.29, 0.717) is 11.5 Å². The van der Waals surface area contributed by atoms with Crippen LogP contribution in [-0.2, 0) is 6.42 Å². The summed E-state index contributed by atoms with van der Waals surface area (Å²) in [6, 6.07) is 5.56. The van der Waals surface area contributed by atoms with Crippen LogP contribution in [0, 0.1) is 0 Å². The highest BCUT2D eigenvalue weighted by Gasteiger charge is 2.20. The quantitative estimate of drug-likeness (QED) is 0.485. The number of nitrogens with one attached hydrogen (secondary N) is 4. The number of hydrogen-bond acceptors (Lipinski definition) is 8. The summed E-state index contributed by atoms with van der Waals surface area (Å²) < 4.78 is 0. The molecule has 0 aromatic heterocycles. The molecule has 0 radical (unpaired) electrons. The molecule has 8 heteroatoms. The van der Waals surface area contributed by atoms with Gasteiger partial charge < -0.3 is 10.4 Å². The van der Waals surface area contributed by atoms with E-state index in [1.807, 2.05) is 19.1 Å². The van der Waals surface area contributed by atoms with Crippen molar-refractivity contribution in [3.8, 4) is 5.75 Å². The fourth-order valence-corrected chi connectivity index (χ4v) is 2.08. The van der Waals surface area contributed by atoms with Gasteiger partial charge in [-0.25, -0.2) is 5.53 Å². The van der Waals surface area contributed by atoms with Gasteiger partial charge in [-0.2, -0.15) is 0 Å². The Hall–Kier alpha value is -2.87. The zero-order chi connectivity index (χ0) is 15.0. The molecule has 1 aliphatic rings. The first-order chi connectivity index (χ1) is 10.1. The molecule has 0 amide bonds. The lowest BCUT2D eigenvalue weighted by Crippen LogP contribution is -2.35. The van der Waals surface area contributed by atoms with E-state index in [0.717, 1.165) is 17.5 Å². The van der Waals surface area contributed by atoms with Gasteiger partial charge in [-0.1, -0.05) is 6.92 Å². The minimum atomic E-state index is -0.861. The zero-order valence-electron chi connectivity index (χ0n) is 11.2. The van der Waals surface area contributed by atoms with Gasteiger partial charge in [0.1, 0.15) is 5.69 Å². The summed E-state index contributed by atoms with van der Waals surface area (Å²) in [6.45, 7) is 2.00. The van der Waals surface area contributed by atoms with Gasteiger partial charge in [-0.15, -0.1) is 10.6 Å². The highest BCUT2D eigenvalue weighted by molar-refractivity contribution is 6.00. The number of rotatable bonds is 4. The molecule has 1 aliphatic heterocycles. The second-order valence-corrected chi connectivity index (χ2v) is 4.60. The number of nitrogens with zero attached hydrogens (tertiary/aromatic N) is 1. The Kier molecular flexibility index (Phi) is 3.07. The molecule has 108 valence electrons. The van der Waals surface area contributed by atoms with E-state index in [1.54, 1.807) is 6.07 Å². The van der Waals surface area contributed by atoms with Gasteiger partial charge in [0.2, 0.25) is 0 Å². The van der Waals surface area contributed by atoms with Crippen molar-refractivity contribution in [2.45, 2.75) is 13.3 Å². The number of hydrogen-bond donors (Lipinski definition) is 5. The largest absolute Gasteiger partial charge is 0.502 e. The lowest BCUT2D eigenvalue weighted by atomic mass is 10.1. The van der Waals surface area contributed by atoms with Crippen LogP contribution in [-0.4, -0.2) is 10.9 Å². The van der Waals surface area contributed by atoms with Gasteiger partial charge in [0.15, 0.2) is 11.6 Å². The van der Waals surface area contributed by atoms with Crippen LogP contribution in [0.4, 0.5) is 11.4 Å². The lowest BCUT2D eigenvalue weighted by Gasteiger charge is -2.12. The van der Waals surface area contributed by atoms with Crippen LogP contribution in [0.15, 0.2) is 32.9 Å². The number of benzene rings is 1. The molecule has 0 spiro atoms. The number of amidine groups is 1. The smallest absolute Gasteiger partial charge is 0.271 e. The molecule has 2 aromatic rings. The van der Waals surface area contributed by atoms with Crippen molar-refractivity contribution in [3.05, 3.63) is 49.8 Å². The molecule has 0 atom stereocenters. The van der Waals surface area contributed by atoms with E-state index in [1.165, 1.54) is 0 Å². The fourth-order valence-electron chi connectivity index (χ4n) is 2.08. The van der Waals surface area contributed by atoms with Gasteiger partial charge in [0, 0.05) is 11.3 Å². The van der Waals surface area contributed by atoms with Gasteiger partial charge in [-0.3, -0.25) is 15.0 Å². The van der Waals surface area contributed by atoms with Crippen LogP contribution >= 0.6 is 0 Å². The highest BCUT2D eigenvalue weighted by atomic mass is 16.3. The molecule has 5 N–H and O–H groups in total. The van der Waals surface area contributed by atoms with Crippen LogP contribution in [0.2, 0.25) is 0 Å². The maximum atomic E-state index is 11.4. The summed E-state index contributed by atoms with van der Waals surface area (Å²) >= 11 is 0. The number of hydrazine groups is 2. The third-order valence-corrected chi connectivity index (χ3v) is 3.23. The third-order valence-electron chi connectivity index (χ3n) is 3.23. The summed E-state index contributed by atoms with van der Waals surface area (Å²) in [7, 11) is 0. The van der Waals surface area contributed by atoms with Gasteiger partial charge in [-0.05, 0) is 30.2 Å². The Labute approximate surface area is 119 Å². The number of aromatic hydroxyl groups is 1. The van der Waals surface area contributed by atoms with Crippen molar-refractivity contribution in [1.82, 2.24) is 16.5 Å². The number of aryl methyl sites for hydroxylation is 1. The molecule has 21 heavy (non-hydrogen) atoms. The Morgan fingerprint density at radius 2 is 2.05 bits per heavy atom. The standard InChI is InChI=1S/C13H13N5O3/c1-2-6-3-7(13-15-17-18-16-13)5-8(4-6)14-9-10(19)12(21)11(9)20/h3-5,14,17-19H,2H2,1H3,(H,15,16). The monoisotopic (exact) mass is 287 g/mol. The van der Waals surface area contributed by atoms with E-state index in [-0.39, 0.29) is 5.69 Å². The summed E-state index contributed by atoms with van der Waals surface area (Å²) in [4.78, 5) is 22.4. The predicted octanol–water partition coefficient (Wildman–Crippen LogP) is -0.432. The molecule has 0 unspecified atom stereocenters. The number of hydrazone groups is 1. The van der Waals surface area contributed by atoms with Gasteiger partial charge in [0.05, 0.1) is 0 Å². The van der Waals surface area contributed by atoms with Crippen LogP contribution in [0.1, 0.15) is 18.1 Å². The lowest BCUT2D eigenvalue weighted by molar-refractivity contribution is 0.466. The van der Waals surface area contributed by atoms with Gasteiger partial charge >= 0.3 is 0 Å². The molecule has 0 fully saturated rings. The normalized spacial score (nSPS) is 13.7. The molecule has 0 saturated carbocycles. The average Bonchev–Trinajstić information content (AvgIpc) is 3.05. The maximum absolute atomic E-state index is 11.4. The summed E-state index contributed by atoms with van der Waals surface area (Å²) in [5, 5.41) is 16.2. The second-order valence-electron chi connectivity index (χ2n) is 4.60. The Morgan fingerprint density at radius 3 is 2.67 bits per heavy atom. The van der Waals surface area contributed by atoms with Crippen molar-refractivity contribution in [1.29, 1.82) is 0 Å². The molecule has 3 rings (SSSR count). The van der Waals surface area contributed by atoms with Crippen molar-refractivity contribution in [2.75, 3.05) is 5.32 Å². The summed E-state index contributed by atoms with van der Waals surface area (Å²) in [6.07, 6.45) is 0.786. The zero-order valence-corrected chi connectivity index (χ0v) is 11.2. The van der Waals surface area contributed by atoms with E-state index >= 15 is 0 Å². The van der Waals surface area contributed by atoms with Crippen LogP contribution in [0.5, 0.6) is 5.75 Å². The van der Waals surface area contributed by atoms with Crippen molar-refractivity contribution < 1.29 is 5.11 Å². The Morgan fingerprint density at radius 1 is 1.24 bits per heavy atom. The topological polar surface area (TPSA) is 115 Å². The molecule has 8 nitrogen and oxygen atoms in total. The number of anilines is 2. The fraction of sp³-hybridized carbons (Fsp3) is 0.154. The molecule has 0 bridgehead atoms. The Bertz CT molecular complexity index is 805. The molecule has 2 aromatic carbocycles. The summed E-state index contributed by atoms with van der Waals surface area (Å²) in [5.41, 5.74) is 8.81. The average molecular weight is 287 g/mol. The minimum absolute atomic E-state index is 0.0724. The SMILES string of the molecule is CCc1cc(Nc2c(O)c(=O)c2=O)cc(C2=NNNN2)c1. The molecule has 1 heterocycles. The van der Waals surface area contributed by atoms with E-state index in [2.05, 4.69) is 26.9 Å². The highest BCUT2D eigenvalue weighted by Crippen LogP contribution is 2.23. The predicted molar refractivity (Wildman–Crippen MR) is 78.1 cm³/mol. The maximum Gasteiger partial charge on any atom is 0.271 e. The minimum Gasteiger partial charge on any atom is -0.502 e. The molecule has 0 saturated heterocycles. The van der Waals surface area contributed by atoms with Crippen LogP contribution < -0.4 is 32.7 Å². The second kappa shape index (κ2) is 4.91. The molecule has 0 aliphatic carbocycles. The van der Waals surface area contributed by atoms with Crippen molar-refractivity contribution in [3.63, 3.8) is 0 Å². The van der Waals surface area contributed by atoms with Crippen LogP contribution in [0.3, 0.4) is 0 Å². The first-order valence-electron chi connectivity index (χ1n) is 6.37. The van der Waals surface area contributed by atoms with Crippen LogP contribution in [0.25, 0.3) is 0 Å². The van der Waals surface area contributed by atoms with Gasteiger partial charge in [0.25, 0.3) is 10.9 Å². The first-order valence-corrected chi connectivity index (χ1v) is 6.37. The molecular formula is C13H13N5O3. The third kappa shape index (κ3) is 2.21. The van der Waals surface area contributed by atoms with Crippen molar-refractivity contribution in [2.24, 2.45) is 5.10 Å². The van der Waals surface area contributed by atoms with E-state index < -0.39 is 16.6 Å². The van der Waals surface area contributed by atoms with E-state index in [4.69, 9.17) is 0 Å².